The van der Waals surface area contributed by atoms with E-state index in [0.717, 1.165) is 12.2 Å². The number of benzene rings is 1. The van der Waals surface area contributed by atoms with Crippen LogP contribution in [-0.2, 0) is 6.54 Å². The summed E-state index contributed by atoms with van der Waals surface area (Å²) in [5.41, 5.74) is 2.20. The van der Waals surface area contributed by atoms with Gasteiger partial charge in [-0.3, -0.25) is 0 Å². The minimum absolute atomic E-state index is 0.863. The van der Waals surface area contributed by atoms with Crippen LogP contribution in [0.1, 0.15) is 11.3 Å². The molecular formula is C12H12N2. The maximum absolute atomic E-state index is 4.18. The van der Waals surface area contributed by atoms with Crippen LogP contribution in [0.25, 0.3) is 6.08 Å². The zero-order chi connectivity index (χ0) is 9.80. The van der Waals surface area contributed by atoms with Crippen molar-refractivity contribution >= 4 is 6.08 Å². The second-order valence-electron chi connectivity index (χ2n) is 3.16. The number of rotatable bonds is 3. The highest BCUT2D eigenvalue weighted by Gasteiger charge is 1.95. The van der Waals surface area contributed by atoms with Gasteiger partial charge in [0.1, 0.15) is 0 Å². The van der Waals surface area contributed by atoms with Gasteiger partial charge in [0.05, 0.1) is 12.0 Å². The Morgan fingerprint density at radius 1 is 1.29 bits per heavy atom. The Morgan fingerprint density at radius 2 is 2.07 bits per heavy atom. The van der Waals surface area contributed by atoms with E-state index >= 15 is 0 Å². The molecule has 0 aliphatic rings. The predicted octanol–water partition coefficient (Wildman–Crippen LogP) is 2.57. The lowest BCUT2D eigenvalue weighted by molar-refractivity contribution is 0.797. The lowest BCUT2D eigenvalue weighted by Gasteiger charge is -2.00. The minimum atomic E-state index is 0.863. The first kappa shape index (κ1) is 8.75. The van der Waals surface area contributed by atoms with Gasteiger partial charge >= 0.3 is 0 Å². The van der Waals surface area contributed by atoms with E-state index in [9.17, 15) is 0 Å². The van der Waals surface area contributed by atoms with Crippen LogP contribution in [0.4, 0.5) is 0 Å². The molecule has 2 heteroatoms. The number of hydrogen-bond donors (Lipinski definition) is 0. The summed E-state index contributed by atoms with van der Waals surface area (Å²) in [6.07, 6.45) is 5.56. The monoisotopic (exact) mass is 184 g/mol. The van der Waals surface area contributed by atoms with E-state index in [0.29, 0.717) is 0 Å². The molecule has 0 radical (unpaired) electrons. The van der Waals surface area contributed by atoms with Gasteiger partial charge in [0.2, 0.25) is 0 Å². The molecular weight excluding hydrogens is 172 g/mol. The van der Waals surface area contributed by atoms with E-state index in [4.69, 9.17) is 0 Å². The van der Waals surface area contributed by atoms with Gasteiger partial charge in [-0.1, -0.05) is 36.9 Å². The van der Waals surface area contributed by atoms with Crippen LogP contribution in [0.2, 0.25) is 0 Å². The van der Waals surface area contributed by atoms with Crippen LogP contribution in [0.5, 0.6) is 0 Å². The summed E-state index contributed by atoms with van der Waals surface area (Å²) in [6, 6.07) is 10.3. The van der Waals surface area contributed by atoms with Gasteiger partial charge in [-0.05, 0) is 11.6 Å². The van der Waals surface area contributed by atoms with E-state index in [-0.39, 0.29) is 0 Å². The average molecular weight is 184 g/mol. The van der Waals surface area contributed by atoms with E-state index in [2.05, 4.69) is 23.7 Å². The van der Waals surface area contributed by atoms with Crippen LogP contribution in [0.15, 0.2) is 49.4 Å². The van der Waals surface area contributed by atoms with Crippen molar-refractivity contribution in [2.45, 2.75) is 6.54 Å². The summed E-state index contributed by atoms with van der Waals surface area (Å²) in [4.78, 5) is 4.18. The molecule has 0 fully saturated rings. The second kappa shape index (κ2) is 3.92. The fourth-order valence-corrected chi connectivity index (χ4v) is 1.36. The largest absolute Gasteiger partial charge is 0.332 e. The lowest BCUT2D eigenvalue weighted by atomic mass is 10.2. The lowest BCUT2D eigenvalue weighted by Crippen LogP contribution is -1.95. The molecule has 0 bridgehead atoms. The molecule has 2 aromatic rings. The normalized spacial score (nSPS) is 10.0. The van der Waals surface area contributed by atoms with Crippen molar-refractivity contribution in [2.75, 3.05) is 0 Å². The molecule has 0 amide bonds. The Morgan fingerprint density at radius 3 is 2.71 bits per heavy atom. The Labute approximate surface area is 83.5 Å². The minimum Gasteiger partial charge on any atom is -0.332 e. The molecule has 0 aliphatic carbocycles. The number of hydrogen-bond acceptors (Lipinski definition) is 1. The Balaban J connectivity index is 2.15. The smallest absolute Gasteiger partial charge is 0.0956 e. The first-order chi connectivity index (χ1) is 6.88. The summed E-state index contributed by atoms with van der Waals surface area (Å²) in [6.45, 7) is 4.54. The van der Waals surface area contributed by atoms with E-state index in [1.807, 2.05) is 35.3 Å². The Hall–Kier alpha value is -1.83. The van der Waals surface area contributed by atoms with Gasteiger partial charge in [-0.2, -0.15) is 0 Å². The van der Waals surface area contributed by atoms with Crippen LogP contribution >= 0.6 is 0 Å². The number of nitrogens with zero attached hydrogens (tertiary/aromatic N) is 2. The molecule has 14 heavy (non-hydrogen) atoms. The van der Waals surface area contributed by atoms with Crippen molar-refractivity contribution in [1.29, 1.82) is 0 Å². The molecule has 0 N–H and O–H groups in total. The first-order valence-electron chi connectivity index (χ1n) is 4.56. The summed E-state index contributed by atoms with van der Waals surface area (Å²) in [7, 11) is 0. The number of imidazole rings is 1. The molecule has 1 aromatic heterocycles. The highest BCUT2D eigenvalue weighted by molar-refractivity contribution is 5.39. The van der Waals surface area contributed by atoms with Crippen molar-refractivity contribution in [2.24, 2.45) is 0 Å². The van der Waals surface area contributed by atoms with Gasteiger partial charge in [0.15, 0.2) is 0 Å². The molecule has 1 aromatic carbocycles. The zero-order valence-corrected chi connectivity index (χ0v) is 7.93. The first-order valence-corrected chi connectivity index (χ1v) is 4.56. The summed E-state index contributed by atoms with van der Waals surface area (Å²) >= 11 is 0. The third-order valence-corrected chi connectivity index (χ3v) is 2.07. The second-order valence-corrected chi connectivity index (χ2v) is 3.16. The molecule has 0 atom stereocenters. The quantitative estimate of drug-likeness (QED) is 0.716. The van der Waals surface area contributed by atoms with E-state index < -0.39 is 0 Å². The van der Waals surface area contributed by atoms with Crippen molar-refractivity contribution in [3.05, 3.63) is 60.7 Å². The molecule has 70 valence electrons. The number of aromatic nitrogens is 2. The Kier molecular flexibility index (Phi) is 2.45. The van der Waals surface area contributed by atoms with Gasteiger partial charge in [-0.15, -0.1) is 0 Å². The molecule has 0 saturated heterocycles. The van der Waals surface area contributed by atoms with Gasteiger partial charge in [0.25, 0.3) is 0 Å². The molecule has 2 nitrogen and oxygen atoms in total. The summed E-state index contributed by atoms with van der Waals surface area (Å²) in [5, 5.41) is 0. The maximum Gasteiger partial charge on any atom is 0.0956 e. The van der Waals surface area contributed by atoms with Gasteiger partial charge < -0.3 is 4.57 Å². The summed E-state index contributed by atoms with van der Waals surface area (Å²) < 4.78 is 2.05. The fraction of sp³-hybridized carbons (Fsp3) is 0.0833. The SMILES string of the molecule is C=Cc1cn(Cc2ccccc2)cn1. The topological polar surface area (TPSA) is 17.8 Å². The standard InChI is InChI=1S/C12H12N2/c1-2-12-9-14(10-13-12)8-11-6-4-3-5-7-11/h2-7,9-10H,1,8H2. The molecule has 0 aliphatic heterocycles. The fourth-order valence-electron chi connectivity index (χ4n) is 1.36. The van der Waals surface area contributed by atoms with E-state index in [1.165, 1.54) is 5.56 Å². The molecule has 1 heterocycles. The van der Waals surface area contributed by atoms with Crippen molar-refractivity contribution in [3.63, 3.8) is 0 Å². The predicted molar refractivity (Wildman–Crippen MR) is 57.9 cm³/mol. The highest BCUT2D eigenvalue weighted by Crippen LogP contribution is 2.04. The van der Waals surface area contributed by atoms with Crippen molar-refractivity contribution in [3.8, 4) is 0 Å². The molecule has 0 unspecified atom stereocenters. The van der Waals surface area contributed by atoms with Gasteiger partial charge in [0, 0.05) is 12.7 Å². The maximum atomic E-state index is 4.18. The van der Waals surface area contributed by atoms with E-state index in [1.54, 1.807) is 6.08 Å². The molecule has 0 saturated carbocycles. The molecule has 2 rings (SSSR count). The third kappa shape index (κ3) is 1.91. The Bertz CT molecular complexity index is 415. The van der Waals surface area contributed by atoms with Crippen molar-refractivity contribution in [1.82, 2.24) is 9.55 Å². The van der Waals surface area contributed by atoms with Crippen molar-refractivity contribution < 1.29 is 0 Å². The third-order valence-electron chi connectivity index (χ3n) is 2.07. The molecule has 0 spiro atoms. The van der Waals surface area contributed by atoms with Crippen LogP contribution in [-0.4, -0.2) is 9.55 Å². The van der Waals surface area contributed by atoms with Crippen LogP contribution in [0.3, 0.4) is 0 Å². The van der Waals surface area contributed by atoms with Gasteiger partial charge in [-0.25, -0.2) is 4.98 Å². The zero-order valence-electron chi connectivity index (χ0n) is 7.93. The summed E-state index contributed by atoms with van der Waals surface area (Å²) in [5.74, 6) is 0. The van der Waals surface area contributed by atoms with Crippen LogP contribution < -0.4 is 0 Å². The average Bonchev–Trinajstić information content (AvgIpc) is 2.67. The highest BCUT2D eigenvalue weighted by atomic mass is 15.0. The van der Waals surface area contributed by atoms with Crippen LogP contribution in [0, 0.1) is 0 Å².